The number of urea groups is 1. The van der Waals surface area contributed by atoms with Crippen LogP contribution in [0, 0.1) is 0 Å². The number of carbonyl (C=O) groups is 2. The molecule has 142 valence electrons. The van der Waals surface area contributed by atoms with Crippen molar-refractivity contribution in [2.45, 2.75) is 52.5 Å². The standard InChI is InChI=1S/C20H28N2O4/c1-4-6-7-10-13-26-19(23)17-14(3)21-20(24)22-18(17)15-11-8-9-12-16(15)25-5-2/h8-9,11-12,18H,4-7,10,13H2,1-3H3,(H2,21,22,24). The highest BCUT2D eigenvalue weighted by Crippen LogP contribution is 2.33. The number of rotatable bonds is 9. The van der Waals surface area contributed by atoms with Crippen LogP contribution in [0.15, 0.2) is 35.5 Å². The van der Waals surface area contributed by atoms with E-state index in [0.717, 1.165) is 31.2 Å². The van der Waals surface area contributed by atoms with Crippen LogP contribution >= 0.6 is 0 Å². The van der Waals surface area contributed by atoms with Crippen LogP contribution in [0.2, 0.25) is 0 Å². The Morgan fingerprint density at radius 3 is 2.65 bits per heavy atom. The Kier molecular flexibility index (Phi) is 7.51. The lowest BCUT2D eigenvalue weighted by Crippen LogP contribution is -2.45. The number of benzene rings is 1. The number of hydrogen-bond acceptors (Lipinski definition) is 4. The average Bonchev–Trinajstić information content (AvgIpc) is 2.61. The SMILES string of the molecule is CCCCCCOC(=O)C1=C(C)NC(=O)NC1c1ccccc1OCC. The van der Waals surface area contributed by atoms with E-state index in [4.69, 9.17) is 9.47 Å². The largest absolute Gasteiger partial charge is 0.494 e. The predicted molar refractivity (Wildman–Crippen MR) is 99.8 cm³/mol. The summed E-state index contributed by atoms with van der Waals surface area (Å²) in [6, 6.07) is 6.45. The van der Waals surface area contributed by atoms with Gasteiger partial charge in [0.15, 0.2) is 0 Å². The van der Waals surface area contributed by atoms with Crippen molar-refractivity contribution in [3.05, 3.63) is 41.1 Å². The first kappa shape index (κ1) is 19.8. The van der Waals surface area contributed by atoms with Gasteiger partial charge in [0, 0.05) is 11.3 Å². The Hall–Kier alpha value is -2.50. The zero-order valence-electron chi connectivity index (χ0n) is 15.8. The second-order valence-corrected chi connectivity index (χ2v) is 6.24. The molecule has 1 atom stereocenters. The van der Waals surface area contributed by atoms with E-state index in [1.54, 1.807) is 6.92 Å². The van der Waals surface area contributed by atoms with Gasteiger partial charge >= 0.3 is 12.0 Å². The molecule has 1 unspecified atom stereocenters. The van der Waals surface area contributed by atoms with Crippen LogP contribution in [0.4, 0.5) is 4.79 Å². The molecule has 2 N–H and O–H groups in total. The van der Waals surface area contributed by atoms with E-state index < -0.39 is 12.0 Å². The minimum Gasteiger partial charge on any atom is -0.494 e. The van der Waals surface area contributed by atoms with Gasteiger partial charge in [-0.15, -0.1) is 0 Å². The van der Waals surface area contributed by atoms with E-state index in [1.165, 1.54) is 0 Å². The Balaban J connectivity index is 2.22. The topological polar surface area (TPSA) is 76.7 Å². The van der Waals surface area contributed by atoms with Crippen molar-refractivity contribution in [3.8, 4) is 5.75 Å². The maximum Gasteiger partial charge on any atom is 0.338 e. The normalized spacial score (nSPS) is 16.7. The van der Waals surface area contributed by atoms with Gasteiger partial charge in [-0.1, -0.05) is 44.4 Å². The summed E-state index contributed by atoms with van der Waals surface area (Å²) in [6.45, 7) is 6.61. The third-order valence-electron chi connectivity index (χ3n) is 4.25. The summed E-state index contributed by atoms with van der Waals surface area (Å²) in [6.07, 6.45) is 4.13. The fourth-order valence-corrected chi connectivity index (χ4v) is 2.98. The van der Waals surface area contributed by atoms with Gasteiger partial charge in [0.05, 0.1) is 24.8 Å². The fourth-order valence-electron chi connectivity index (χ4n) is 2.98. The molecule has 6 heteroatoms. The summed E-state index contributed by atoms with van der Waals surface area (Å²) in [5.41, 5.74) is 1.65. The van der Waals surface area contributed by atoms with Gasteiger partial charge in [-0.2, -0.15) is 0 Å². The molecular weight excluding hydrogens is 332 g/mol. The van der Waals surface area contributed by atoms with Crippen molar-refractivity contribution in [2.75, 3.05) is 13.2 Å². The summed E-state index contributed by atoms with van der Waals surface area (Å²) in [4.78, 5) is 24.7. The number of esters is 1. The van der Waals surface area contributed by atoms with E-state index in [0.29, 0.717) is 30.2 Å². The molecule has 26 heavy (non-hydrogen) atoms. The molecule has 0 fully saturated rings. The Morgan fingerprint density at radius 1 is 1.15 bits per heavy atom. The fraction of sp³-hybridized carbons (Fsp3) is 0.500. The van der Waals surface area contributed by atoms with Crippen LogP contribution in [0.3, 0.4) is 0 Å². The van der Waals surface area contributed by atoms with Crippen LogP contribution in [0.1, 0.15) is 58.1 Å². The van der Waals surface area contributed by atoms with Crippen LogP contribution in [0.5, 0.6) is 5.75 Å². The molecule has 0 aliphatic carbocycles. The number of amides is 2. The number of carbonyl (C=O) groups excluding carboxylic acids is 2. The number of hydrogen-bond donors (Lipinski definition) is 2. The second-order valence-electron chi connectivity index (χ2n) is 6.24. The molecule has 1 heterocycles. The van der Waals surface area contributed by atoms with Gasteiger partial charge in [-0.05, 0) is 26.3 Å². The highest BCUT2D eigenvalue weighted by atomic mass is 16.5. The van der Waals surface area contributed by atoms with E-state index in [9.17, 15) is 9.59 Å². The number of allylic oxidation sites excluding steroid dienone is 1. The molecule has 0 saturated heterocycles. The Labute approximate surface area is 154 Å². The van der Waals surface area contributed by atoms with Crippen LogP contribution in [-0.2, 0) is 9.53 Å². The molecule has 0 bridgehead atoms. The van der Waals surface area contributed by atoms with E-state index >= 15 is 0 Å². The van der Waals surface area contributed by atoms with Crippen molar-refractivity contribution in [1.29, 1.82) is 0 Å². The Morgan fingerprint density at radius 2 is 1.92 bits per heavy atom. The summed E-state index contributed by atoms with van der Waals surface area (Å²) >= 11 is 0. The van der Waals surface area contributed by atoms with Gasteiger partial charge in [0.1, 0.15) is 5.75 Å². The van der Waals surface area contributed by atoms with E-state index in [2.05, 4.69) is 17.6 Å². The van der Waals surface area contributed by atoms with Gasteiger partial charge in [-0.25, -0.2) is 9.59 Å². The highest BCUT2D eigenvalue weighted by Gasteiger charge is 2.33. The van der Waals surface area contributed by atoms with Crippen molar-refractivity contribution >= 4 is 12.0 Å². The summed E-state index contributed by atoms with van der Waals surface area (Å²) in [7, 11) is 0. The lowest BCUT2D eigenvalue weighted by molar-refractivity contribution is -0.139. The number of unbranched alkanes of at least 4 members (excludes halogenated alkanes) is 3. The summed E-state index contributed by atoms with van der Waals surface area (Å²) < 4.78 is 11.1. The third kappa shape index (κ3) is 5.00. The van der Waals surface area contributed by atoms with Crippen molar-refractivity contribution in [2.24, 2.45) is 0 Å². The zero-order chi connectivity index (χ0) is 18.9. The minimum absolute atomic E-state index is 0.349. The van der Waals surface area contributed by atoms with Crippen molar-refractivity contribution in [3.63, 3.8) is 0 Å². The number of para-hydroxylation sites is 1. The number of ether oxygens (including phenoxy) is 2. The molecule has 0 radical (unpaired) electrons. The molecule has 1 aliphatic rings. The first-order valence-corrected chi connectivity index (χ1v) is 9.25. The summed E-state index contributed by atoms with van der Waals surface area (Å²) in [5, 5.41) is 5.47. The van der Waals surface area contributed by atoms with E-state index in [-0.39, 0.29) is 6.03 Å². The van der Waals surface area contributed by atoms with Crippen LogP contribution in [-0.4, -0.2) is 25.2 Å². The molecule has 2 rings (SSSR count). The quantitative estimate of drug-likeness (QED) is 0.518. The molecule has 1 aromatic carbocycles. The lowest BCUT2D eigenvalue weighted by atomic mass is 9.95. The van der Waals surface area contributed by atoms with Gasteiger partial charge in [-0.3, -0.25) is 0 Å². The summed E-state index contributed by atoms with van der Waals surface area (Å²) in [5.74, 6) is 0.228. The maximum absolute atomic E-state index is 12.7. The molecule has 0 aromatic heterocycles. The molecule has 0 saturated carbocycles. The van der Waals surface area contributed by atoms with Crippen LogP contribution < -0.4 is 15.4 Å². The Bertz CT molecular complexity index is 670. The first-order chi connectivity index (χ1) is 12.6. The van der Waals surface area contributed by atoms with E-state index in [1.807, 2.05) is 31.2 Å². The molecular formula is C20H28N2O4. The molecule has 0 spiro atoms. The first-order valence-electron chi connectivity index (χ1n) is 9.25. The minimum atomic E-state index is -0.602. The molecule has 6 nitrogen and oxygen atoms in total. The molecule has 1 aliphatic heterocycles. The third-order valence-corrected chi connectivity index (χ3v) is 4.25. The lowest BCUT2D eigenvalue weighted by Gasteiger charge is -2.29. The zero-order valence-corrected chi connectivity index (χ0v) is 15.8. The van der Waals surface area contributed by atoms with Crippen molar-refractivity contribution < 1.29 is 19.1 Å². The average molecular weight is 360 g/mol. The predicted octanol–water partition coefficient (Wildman–Crippen LogP) is 3.84. The highest BCUT2D eigenvalue weighted by molar-refractivity contribution is 5.95. The number of nitrogens with one attached hydrogen (secondary N) is 2. The van der Waals surface area contributed by atoms with Gasteiger partial charge in [0.2, 0.25) is 0 Å². The molecule has 2 amide bonds. The van der Waals surface area contributed by atoms with Gasteiger partial charge < -0.3 is 20.1 Å². The second kappa shape index (κ2) is 9.85. The monoisotopic (exact) mass is 360 g/mol. The molecule has 1 aromatic rings. The van der Waals surface area contributed by atoms with Crippen LogP contribution in [0.25, 0.3) is 0 Å². The maximum atomic E-state index is 12.7. The smallest absolute Gasteiger partial charge is 0.338 e. The van der Waals surface area contributed by atoms with Crippen molar-refractivity contribution in [1.82, 2.24) is 10.6 Å². The van der Waals surface area contributed by atoms with Gasteiger partial charge in [0.25, 0.3) is 0 Å².